The fraction of sp³-hybridized carbons (Fsp3) is 0.583. The van der Waals surface area contributed by atoms with Gasteiger partial charge in [0.2, 0.25) is 0 Å². The lowest BCUT2D eigenvalue weighted by Gasteiger charge is -2.24. The van der Waals surface area contributed by atoms with E-state index in [1.807, 2.05) is 45.3 Å². The van der Waals surface area contributed by atoms with E-state index in [-0.39, 0.29) is 12.1 Å². The number of aromatic nitrogens is 1. The first-order valence-corrected chi connectivity index (χ1v) is 12.0. The van der Waals surface area contributed by atoms with Gasteiger partial charge in [-0.1, -0.05) is 24.3 Å². The van der Waals surface area contributed by atoms with Gasteiger partial charge in [0.1, 0.15) is 5.60 Å². The molecule has 0 aliphatic carbocycles. The van der Waals surface area contributed by atoms with Crippen molar-refractivity contribution >= 4 is 17.4 Å². The van der Waals surface area contributed by atoms with E-state index in [0.717, 1.165) is 16.8 Å². The maximum absolute atomic E-state index is 11.8. The molecule has 0 bridgehead atoms. The number of amides is 1. The van der Waals surface area contributed by atoms with Crippen molar-refractivity contribution in [1.29, 1.82) is 0 Å². The minimum atomic E-state index is -0.502. The average Bonchev–Trinajstić information content (AvgIpc) is 3.19. The number of aryl methyl sites for hydroxylation is 1. The van der Waals surface area contributed by atoms with Gasteiger partial charge in [0.15, 0.2) is 0 Å². The van der Waals surface area contributed by atoms with E-state index in [9.17, 15) is 4.79 Å². The number of nitrogens with two attached hydrogens (primary N) is 1. The Balaban J connectivity index is 1.50. The number of thiazole rings is 1. The summed E-state index contributed by atoms with van der Waals surface area (Å²) >= 11 is 1.64. The van der Waals surface area contributed by atoms with Crippen molar-refractivity contribution in [2.75, 3.05) is 53.2 Å². The molecule has 2 N–H and O–H groups in total. The third-order valence-corrected chi connectivity index (χ3v) is 5.64. The molecule has 8 nitrogen and oxygen atoms in total. The van der Waals surface area contributed by atoms with Crippen LogP contribution in [0.4, 0.5) is 4.79 Å². The van der Waals surface area contributed by atoms with Gasteiger partial charge in [0, 0.05) is 13.6 Å². The molecular formula is C24H37N3O5S. The van der Waals surface area contributed by atoms with E-state index < -0.39 is 5.60 Å². The van der Waals surface area contributed by atoms with Crippen molar-refractivity contribution in [3.05, 3.63) is 41.0 Å². The van der Waals surface area contributed by atoms with Crippen LogP contribution in [0, 0.1) is 6.92 Å². The molecule has 1 atom stereocenters. The zero-order valence-electron chi connectivity index (χ0n) is 20.3. The molecule has 0 unspecified atom stereocenters. The second kappa shape index (κ2) is 13.6. The summed E-state index contributed by atoms with van der Waals surface area (Å²) in [5.74, 6) is 0. The van der Waals surface area contributed by atoms with Crippen LogP contribution in [-0.2, 0) is 18.9 Å². The van der Waals surface area contributed by atoms with Crippen LogP contribution in [0.25, 0.3) is 10.4 Å². The van der Waals surface area contributed by atoms with E-state index in [0.29, 0.717) is 46.2 Å². The van der Waals surface area contributed by atoms with Crippen LogP contribution in [0.1, 0.15) is 38.1 Å². The summed E-state index contributed by atoms with van der Waals surface area (Å²) in [5.41, 5.74) is 10.8. The Kier molecular flexibility index (Phi) is 11.2. The van der Waals surface area contributed by atoms with Gasteiger partial charge in [0.25, 0.3) is 0 Å². The molecule has 184 valence electrons. The summed E-state index contributed by atoms with van der Waals surface area (Å²) in [7, 11) is 1.69. The first-order valence-electron chi connectivity index (χ1n) is 11.1. The van der Waals surface area contributed by atoms with Crippen LogP contribution >= 0.6 is 11.3 Å². The predicted molar refractivity (Wildman–Crippen MR) is 131 cm³/mol. The summed E-state index contributed by atoms with van der Waals surface area (Å²) in [6.07, 6.45) is -0.358. The van der Waals surface area contributed by atoms with Crippen LogP contribution in [-0.4, -0.2) is 74.8 Å². The van der Waals surface area contributed by atoms with Gasteiger partial charge in [-0.25, -0.2) is 9.78 Å². The molecule has 1 heterocycles. The Morgan fingerprint density at radius 3 is 2.24 bits per heavy atom. The Bertz CT molecular complexity index is 835. The summed E-state index contributed by atoms with van der Waals surface area (Å²) in [5, 5.41) is 0. The average molecular weight is 480 g/mol. The molecule has 1 aromatic carbocycles. The first-order chi connectivity index (χ1) is 15.7. The largest absolute Gasteiger partial charge is 0.444 e. The number of rotatable bonds is 13. The van der Waals surface area contributed by atoms with Gasteiger partial charge in [-0.15, -0.1) is 11.3 Å². The van der Waals surface area contributed by atoms with Crippen molar-refractivity contribution in [3.8, 4) is 10.4 Å². The number of hydrogen-bond donors (Lipinski definition) is 1. The normalized spacial score (nSPS) is 12.5. The van der Waals surface area contributed by atoms with Gasteiger partial charge in [-0.3, -0.25) is 0 Å². The Morgan fingerprint density at radius 1 is 1.06 bits per heavy atom. The minimum absolute atomic E-state index is 0.188. The molecule has 1 amide bonds. The first kappa shape index (κ1) is 27.2. The van der Waals surface area contributed by atoms with Crippen LogP contribution in [0.3, 0.4) is 0 Å². The monoisotopic (exact) mass is 479 g/mol. The lowest BCUT2D eigenvalue weighted by Crippen LogP contribution is -2.36. The number of likely N-dealkylation sites (N-methyl/N-ethyl adjacent to an activating group) is 1. The van der Waals surface area contributed by atoms with E-state index in [2.05, 4.69) is 17.1 Å². The van der Waals surface area contributed by atoms with E-state index in [4.69, 9.17) is 24.7 Å². The highest BCUT2D eigenvalue weighted by molar-refractivity contribution is 7.13. The SMILES string of the molecule is Cc1ncsc1-c1ccc([C@@H](N)COCCOCCOCCN(C)C(=O)OC(C)(C)C)cc1. The van der Waals surface area contributed by atoms with Crippen molar-refractivity contribution in [1.82, 2.24) is 9.88 Å². The number of carbonyl (C=O) groups is 1. The van der Waals surface area contributed by atoms with Gasteiger partial charge < -0.3 is 29.6 Å². The van der Waals surface area contributed by atoms with Crippen LogP contribution in [0.15, 0.2) is 29.8 Å². The number of carbonyl (C=O) groups excluding carboxylic acids is 1. The maximum atomic E-state index is 11.8. The van der Waals surface area contributed by atoms with E-state index >= 15 is 0 Å². The summed E-state index contributed by atoms with van der Waals surface area (Å²) in [6, 6.07) is 8.04. The van der Waals surface area contributed by atoms with Crippen molar-refractivity contribution in [2.45, 2.75) is 39.3 Å². The summed E-state index contributed by atoms with van der Waals surface area (Å²) < 4.78 is 21.9. The van der Waals surface area contributed by atoms with E-state index in [1.54, 1.807) is 18.4 Å². The summed E-state index contributed by atoms with van der Waals surface area (Å²) in [4.78, 5) is 18.8. The van der Waals surface area contributed by atoms with Gasteiger partial charge in [-0.2, -0.15) is 0 Å². The third kappa shape index (κ3) is 10.2. The van der Waals surface area contributed by atoms with Gasteiger partial charge in [0.05, 0.1) is 61.8 Å². The molecule has 33 heavy (non-hydrogen) atoms. The van der Waals surface area contributed by atoms with Crippen LogP contribution < -0.4 is 5.73 Å². The zero-order chi connectivity index (χ0) is 24.3. The molecule has 9 heteroatoms. The molecule has 2 aromatic rings. The van der Waals surface area contributed by atoms with E-state index in [1.165, 1.54) is 9.78 Å². The molecule has 2 rings (SSSR count). The molecule has 0 aliphatic heterocycles. The van der Waals surface area contributed by atoms with Gasteiger partial charge in [-0.05, 0) is 38.8 Å². The van der Waals surface area contributed by atoms with Crippen molar-refractivity contribution in [2.24, 2.45) is 5.73 Å². The lowest BCUT2D eigenvalue weighted by atomic mass is 10.0. The van der Waals surface area contributed by atoms with Crippen LogP contribution in [0.2, 0.25) is 0 Å². The molecule has 0 saturated heterocycles. The topological polar surface area (TPSA) is 96.1 Å². The standard InChI is InChI=1S/C24H37N3O5S/c1-18-22(33-17-26-18)20-8-6-19(7-9-20)21(25)16-31-15-14-30-13-12-29-11-10-27(5)23(28)32-24(2,3)4/h6-9,17,21H,10-16,25H2,1-5H3/t21-/m0/s1. The predicted octanol–water partition coefficient (Wildman–Crippen LogP) is 4.04. The molecule has 0 aliphatic rings. The molecule has 0 spiro atoms. The molecule has 0 radical (unpaired) electrons. The lowest BCUT2D eigenvalue weighted by molar-refractivity contribution is 0.00340. The van der Waals surface area contributed by atoms with Gasteiger partial charge >= 0.3 is 6.09 Å². The Labute approximate surface area is 201 Å². The Hall–Kier alpha value is -2.04. The maximum Gasteiger partial charge on any atom is 0.410 e. The quantitative estimate of drug-likeness (QED) is 0.433. The Morgan fingerprint density at radius 2 is 1.67 bits per heavy atom. The third-order valence-electron chi connectivity index (χ3n) is 4.66. The zero-order valence-corrected chi connectivity index (χ0v) is 21.2. The number of benzene rings is 1. The smallest absolute Gasteiger partial charge is 0.410 e. The molecule has 0 saturated carbocycles. The molecular weight excluding hydrogens is 442 g/mol. The molecule has 0 fully saturated rings. The second-order valence-electron chi connectivity index (χ2n) is 8.70. The fourth-order valence-corrected chi connectivity index (χ4v) is 3.65. The highest BCUT2D eigenvalue weighted by atomic mass is 32.1. The van der Waals surface area contributed by atoms with Crippen molar-refractivity contribution < 1.29 is 23.7 Å². The van der Waals surface area contributed by atoms with Crippen molar-refractivity contribution in [3.63, 3.8) is 0 Å². The van der Waals surface area contributed by atoms with Crippen LogP contribution in [0.5, 0.6) is 0 Å². The molecule has 1 aromatic heterocycles. The highest BCUT2D eigenvalue weighted by Gasteiger charge is 2.19. The number of nitrogens with zero attached hydrogens (tertiary/aromatic N) is 2. The number of hydrogen-bond acceptors (Lipinski definition) is 8. The summed E-state index contributed by atoms with van der Waals surface area (Å²) in [6.45, 7) is 10.7. The minimum Gasteiger partial charge on any atom is -0.444 e. The number of ether oxygens (including phenoxy) is 4. The highest BCUT2D eigenvalue weighted by Crippen LogP contribution is 2.28. The second-order valence-corrected chi connectivity index (χ2v) is 9.55. The fourth-order valence-electron chi connectivity index (χ4n) is 2.84.